The van der Waals surface area contributed by atoms with Gasteiger partial charge in [0.25, 0.3) is 0 Å². The van der Waals surface area contributed by atoms with Gasteiger partial charge in [-0.3, -0.25) is 0 Å². The van der Waals surface area contributed by atoms with Crippen molar-refractivity contribution in [3.8, 4) is 0 Å². The Morgan fingerprint density at radius 2 is 1.13 bits per heavy atom. The molecule has 0 nitrogen and oxygen atoms in total. The summed E-state index contributed by atoms with van der Waals surface area (Å²) in [6, 6.07) is 0. The number of rotatable bonds is 10. The van der Waals surface area contributed by atoms with E-state index in [-0.39, 0.29) is 11.8 Å². The lowest BCUT2D eigenvalue weighted by Gasteiger charge is -2.43. The molecule has 3 rings (SSSR count). The molecule has 4 unspecified atom stereocenters. The van der Waals surface area contributed by atoms with E-state index in [2.05, 4.69) is 13.8 Å². The van der Waals surface area contributed by atoms with Gasteiger partial charge in [-0.15, -0.1) is 0 Å². The Hall–Kier alpha value is -0.140. The Morgan fingerprint density at radius 3 is 1.77 bits per heavy atom. The van der Waals surface area contributed by atoms with Crippen LogP contribution >= 0.6 is 0 Å². The van der Waals surface area contributed by atoms with Gasteiger partial charge in [0.1, 0.15) is 12.3 Å². The first-order chi connectivity index (χ1) is 14.6. The maximum atomic E-state index is 14.9. The summed E-state index contributed by atoms with van der Waals surface area (Å²) >= 11 is 0. The summed E-state index contributed by atoms with van der Waals surface area (Å²) in [5.41, 5.74) is 0. The van der Waals surface area contributed by atoms with Crippen molar-refractivity contribution >= 4 is 0 Å². The quantitative estimate of drug-likeness (QED) is 0.306. The van der Waals surface area contributed by atoms with Crippen molar-refractivity contribution in [2.24, 2.45) is 35.5 Å². The van der Waals surface area contributed by atoms with Crippen molar-refractivity contribution in [2.75, 3.05) is 0 Å². The zero-order valence-electron chi connectivity index (χ0n) is 20.1. The van der Waals surface area contributed by atoms with E-state index in [0.29, 0.717) is 5.92 Å². The monoisotopic (exact) mass is 424 g/mol. The van der Waals surface area contributed by atoms with E-state index in [9.17, 15) is 8.78 Å². The minimum atomic E-state index is -1.20. The van der Waals surface area contributed by atoms with Crippen LogP contribution in [0.15, 0.2) is 0 Å². The second kappa shape index (κ2) is 12.8. The molecule has 0 bridgehead atoms. The Balaban J connectivity index is 1.34. The molecule has 0 amide bonds. The normalized spacial score (nSPS) is 40.4. The van der Waals surface area contributed by atoms with Gasteiger partial charge >= 0.3 is 0 Å². The van der Waals surface area contributed by atoms with Gasteiger partial charge in [0.05, 0.1) is 0 Å². The van der Waals surface area contributed by atoms with Gasteiger partial charge in [0, 0.05) is 0 Å². The molecule has 2 heteroatoms. The summed E-state index contributed by atoms with van der Waals surface area (Å²) < 4.78 is 29.5. The molecule has 3 saturated carbocycles. The summed E-state index contributed by atoms with van der Waals surface area (Å²) in [5, 5.41) is 0. The molecule has 0 saturated heterocycles. The van der Waals surface area contributed by atoms with Gasteiger partial charge < -0.3 is 0 Å². The molecule has 0 aliphatic heterocycles. The third-order valence-corrected chi connectivity index (χ3v) is 9.39. The van der Waals surface area contributed by atoms with Crippen molar-refractivity contribution in [1.82, 2.24) is 0 Å². The molecular formula is C28H50F2. The highest BCUT2D eigenvalue weighted by molar-refractivity contribution is 4.93. The molecular weight excluding hydrogens is 374 g/mol. The second-order valence-corrected chi connectivity index (χ2v) is 11.3. The number of hydrogen-bond donors (Lipinski definition) is 0. The predicted molar refractivity (Wildman–Crippen MR) is 125 cm³/mol. The smallest absolute Gasteiger partial charge is 0.134 e. The number of unbranched alkanes of at least 4 members (excludes halogenated alkanes) is 4. The van der Waals surface area contributed by atoms with Crippen LogP contribution in [-0.4, -0.2) is 12.3 Å². The van der Waals surface area contributed by atoms with Gasteiger partial charge in [-0.1, -0.05) is 71.6 Å². The van der Waals surface area contributed by atoms with Crippen LogP contribution in [0.1, 0.15) is 129 Å². The Morgan fingerprint density at radius 1 is 0.533 bits per heavy atom. The summed E-state index contributed by atoms with van der Waals surface area (Å²) in [6.07, 6.45) is 20.5. The minimum Gasteiger partial charge on any atom is -0.244 e. The lowest BCUT2D eigenvalue weighted by Crippen LogP contribution is -2.42. The van der Waals surface area contributed by atoms with Crippen molar-refractivity contribution in [3.63, 3.8) is 0 Å². The lowest BCUT2D eigenvalue weighted by atomic mass is 9.64. The molecule has 30 heavy (non-hydrogen) atoms. The topological polar surface area (TPSA) is 0 Å². The minimum absolute atomic E-state index is 0.0116. The fourth-order valence-electron chi connectivity index (χ4n) is 7.42. The van der Waals surface area contributed by atoms with E-state index >= 15 is 0 Å². The largest absolute Gasteiger partial charge is 0.244 e. The summed E-state index contributed by atoms with van der Waals surface area (Å²) in [7, 11) is 0. The van der Waals surface area contributed by atoms with Crippen LogP contribution in [0.5, 0.6) is 0 Å². The maximum Gasteiger partial charge on any atom is 0.134 e. The molecule has 0 heterocycles. The fourth-order valence-corrected chi connectivity index (χ4v) is 7.42. The molecule has 0 aromatic rings. The standard InChI is InChI=1S/C28H50F2/c1-3-5-6-7-8-10-21-11-13-22(14-12-21)23-15-17-24(18-16-23)26-20-19-25(9-4-2)27(29)28(26)30/h21-28H,3-20H2,1-2H3. The average molecular weight is 425 g/mol. The summed E-state index contributed by atoms with van der Waals surface area (Å²) in [4.78, 5) is 0. The molecule has 0 spiro atoms. The van der Waals surface area contributed by atoms with Crippen LogP contribution in [0, 0.1) is 35.5 Å². The molecule has 0 N–H and O–H groups in total. The molecule has 0 radical (unpaired) electrons. The number of halogens is 2. The molecule has 3 aliphatic rings. The van der Waals surface area contributed by atoms with Gasteiger partial charge in [-0.25, -0.2) is 8.78 Å². The highest BCUT2D eigenvalue weighted by Gasteiger charge is 2.44. The molecule has 0 aromatic heterocycles. The second-order valence-electron chi connectivity index (χ2n) is 11.3. The molecule has 4 atom stereocenters. The zero-order chi connectivity index (χ0) is 21.3. The van der Waals surface area contributed by atoms with E-state index in [1.807, 2.05) is 0 Å². The van der Waals surface area contributed by atoms with E-state index in [1.165, 1.54) is 77.0 Å². The zero-order valence-corrected chi connectivity index (χ0v) is 20.1. The number of hydrogen-bond acceptors (Lipinski definition) is 0. The van der Waals surface area contributed by atoms with Crippen LogP contribution in [-0.2, 0) is 0 Å². The van der Waals surface area contributed by atoms with E-state index in [0.717, 1.165) is 56.3 Å². The van der Waals surface area contributed by atoms with E-state index in [4.69, 9.17) is 0 Å². The van der Waals surface area contributed by atoms with Crippen molar-refractivity contribution in [1.29, 1.82) is 0 Å². The molecule has 0 aromatic carbocycles. The predicted octanol–water partition coefficient (Wildman–Crippen LogP) is 9.46. The first-order valence-electron chi connectivity index (χ1n) is 13.9. The Labute approximate surface area is 186 Å². The lowest BCUT2D eigenvalue weighted by molar-refractivity contribution is -0.0172. The molecule has 3 aliphatic carbocycles. The van der Waals surface area contributed by atoms with E-state index < -0.39 is 12.3 Å². The third kappa shape index (κ3) is 6.68. The van der Waals surface area contributed by atoms with Gasteiger partial charge in [-0.05, 0) is 93.3 Å². The van der Waals surface area contributed by atoms with Crippen molar-refractivity contribution in [3.05, 3.63) is 0 Å². The Kier molecular flexibility index (Phi) is 10.4. The SMILES string of the molecule is CCCCCCCC1CCC(C2CCC(C3CCC(CCC)C(F)C3F)CC2)CC1. The molecule has 176 valence electrons. The van der Waals surface area contributed by atoms with Crippen LogP contribution in [0.3, 0.4) is 0 Å². The van der Waals surface area contributed by atoms with Crippen LogP contribution < -0.4 is 0 Å². The van der Waals surface area contributed by atoms with Crippen LogP contribution in [0.25, 0.3) is 0 Å². The van der Waals surface area contributed by atoms with Gasteiger partial charge in [0.2, 0.25) is 0 Å². The number of alkyl halides is 2. The summed E-state index contributed by atoms with van der Waals surface area (Å²) in [6.45, 7) is 4.38. The first kappa shape index (κ1) is 24.5. The average Bonchev–Trinajstić information content (AvgIpc) is 2.78. The highest BCUT2D eigenvalue weighted by Crippen LogP contribution is 2.48. The van der Waals surface area contributed by atoms with Gasteiger partial charge in [0.15, 0.2) is 0 Å². The highest BCUT2D eigenvalue weighted by atomic mass is 19.2. The molecule has 3 fully saturated rings. The van der Waals surface area contributed by atoms with Crippen LogP contribution in [0.2, 0.25) is 0 Å². The van der Waals surface area contributed by atoms with Crippen molar-refractivity contribution < 1.29 is 8.78 Å². The first-order valence-corrected chi connectivity index (χ1v) is 13.9. The summed E-state index contributed by atoms with van der Waals surface area (Å²) in [5.74, 6) is 3.25. The van der Waals surface area contributed by atoms with Crippen LogP contribution in [0.4, 0.5) is 8.78 Å². The van der Waals surface area contributed by atoms with Gasteiger partial charge in [-0.2, -0.15) is 0 Å². The van der Waals surface area contributed by atoms with E-state index in [1.54, 1.807) is 0 Å². The van der Waals surface area contributed by atoms with Crippen molar-refractivity contribution in [2.45, 2.75) is 142 Å². The maximum absolute atomic E-state index is 14.9. The third-order valence-electron chi connectivity index (χ3n) is 9.39. The fraction of sp³-hybridized carbons (Fsp3) is 1.00. The Bertz CT molecular complexity index is 448.